The minimum absolute atomic E-state index is 0.0947. The molecule has 6 heteroatoms. The Morgan fingerprint density at radius 3 is 2.55 bits per heavy atom. The summed E-state index contributed by atoms with van der Waals surface area (Å²) < 4.78 is 11.4. The number of benzene rings is 2. The van der Waals surface area contributed by atoms with Crippen LogP contribution in [-0.2, 0) is 5.41 Å². The van der Waals surface area contributed by atoms with E-state index in [2.05, 4.69) is 36.4 Å². The number of rotatable bonds is 6. The van der Waals surface area contributed by atoms with E-state index < -0.39 is 0 Å². The van der Waals surface area contributed by atoms with E-state index in [0.717, 1.165) is 16.9 Å². The van der Waals surface area contributed by atoms with Gasteiger partial charge < -0.3 is 20.1 Å². The van der Waals surface area contributed by atoms with Gasteiger partial charge in [0.2, 0.25) is 5.88 Å². The molecule has 1 heterocycles. The molecule has 3 rings (SSSR count). The Hall–Kier alpha value is -3.54. The molecule has 0 aliphatic carbocycles. The Morgan fingerprint density at radius 1 is 1.03 bits per heavy atom. The second-order valence-corrected chi connectivity index (χ2v) is 8.30. The number of urea groups is 1. The van der Waals surface area contributed by atoms with Crippen LogP contribution in [0.25, 0.3) is 0 Å². The second-order valence-electron chi connectivity index (χ2n) is 8.30. The molecule has 1 atom stereocenters. The molecule has 0 radical (unpaired) electrons. The zero-order chi connectivity index (χ0) is 22.4. The zero-order valence-electron chi connectivity index (χ0n) is 18.6. The number of aromatic nitrogens is 1. The van der Waals surface area contributed by atoms with Crippen LogP contribution < -0.4 is 20.1 Å². The van der Waals surface area contributed by atoms with E-state index in [4.69, 9.17) is 9.47 Å². The topological polar surface area (TPSA) is 72.5 Å². The van der Waals surface area contributed by atoms with E-state index in [-0.39, 0.29) is 17.5 Å². The van der Waals surface area contributed by atoms with Crippen LogP contribution in [-0.4, -0.2) is 18.1 Å². The van der Waals surface area contributed by atoms with Crippen molar-refractivity contribution in [2.45, 2.75) is 39.2 Å². The smallest absolute Gasteiger partial charge is 0.319 e. The molecule has 0 fully saturated rings. The highest BCUT2D eigenvalue weighted by Crippen LogP contribution is 2.35. The molecular formula is C25H29N3O3. The predicted octanol–water partition coefficient (Wildman–Crippen LogP) is 6.06. The molecule has 0 saturated carbocycles. The first-order valence-electron chi connectivity index (χ1n) is 10.2. The van der Waals surface area contributed by atoms with Crippen molar-refractivity contribution in [2.75, 3.05) is 12.4 Å². The lowest BCUT2D eigenvalue weighted by atomic mass is 9.86. The summed E-state index contributed by atoms with van der Waals surface area (Å²) in [7, 11) is 1.62. The van der Waals surface area contributed by atoms with Gasteiger partial charge in [0.1, 0.15) is 17.2 Å². The van der Waals surface area contributed by atoms with Gasteiger partial charge in [-0.1, -0.05) is 51.1 Å². The molecule has 1 aromatic heterocycles. The first-order chi connectivity index (χ1) is 14.8. The van der Waals surface area contributed by atoms with Gasteiger partial charge in [0.15, 0.2) is 0 Å². The van der Waals surface area contributed by atoms with Gasteiger partial charge >= 0.3 is 6.03 Å². The molecule has 0 saturated heterocycles. The highest BCUT2D eigenvalue weighted by atomic mass is 16.5. The van der Waals surface area contributed by atoms with Crippen LogP contribution in [0.1, 0.15) is 44.9 Å². The standard InChI is InChI=1S/C25H29N3O3/c1-17(18-10-8-11-19(16-18)30-5)27-24(29)28-21-13-9-15-26-23(21)31-22-14-7-6-12-20(22)25(2,3)4/h6-17H,1-5H3,(H2,27,28,29). The van der Waals surface area contributed by atoms with Crippen molar-refractivity contribution >= 4 is 11.7 Å². The Morgan fingerprint density at radius 2 is 1.81 bits per heavy atom. The van der Waals surface area contributed by atoms with E-state index in [1.54, 1.807) is 25.4 Å². The third kappa shape index (κ3) is 5.75. The van der Waals surface area contributed by atoms with Crippen LogP contribution in [0, 0.1) is 0 Å². The fourth-order valence-electron chi connectivity index (χ4n) is 3.20. The number of hydrogen-bond donors (Lipinski definition) is 2. The van der Waals surface area contributed by atoms with Crippen molar-refractivity contribution in [2.24, 2.45) is 0 Å². The SMILES string of the molecule is COc1cccc(C(C)NC(=O)Nc2cccnc2Oc2ccccc2C(C)(C)C)c1. The van der Waals surface area contributed by atoms with Crippen LogP contribution in [0.2, 0.25) is 0 Å². The predicted molar refractivity (Wildman–Crippen MR) is 123 cm³/mol. The maximum Gasteiger partial charge on any atom is 0.319 e. The Labute approximate surface area is 183 Å². The number of amides is 2. The van der Waals surface area contributed by atoms with Gasteiger partial charge in [-0.05, 0) is 48.2 Å². The number of anilines is 1. The summed E-state index contributed by atoms with van der Waals surface area (Å²) in [6, 6.07) is 18.4. The summed E-state index contributed by atoms with van der Waals surface area (Å²) in [4.78, 5) is 17.0. The molecule has 0 spiro atoms. The second kappa shape index (κ2) is 9.51. The Bertz CT molecular complexity index is 1040. The minimum Gasteiger partial charge on any atom is -0.497 e. The summed E-state index contributed by atoms with van der Waals surface area (Å²) in [5, 5.41) is 5.78. The van der Waals surface area contributed by atoms with Crippen LogP contribution in [0.15, 0.2) is 66.9 Å². The summed E-state index contributed by atoms with van der Waals surface area (Å²) in [5.41, 5.74) is 2.39. The molecule has 0 bridgehead atoms. The normalized spacial score (nSPS) is 12.0. The van der Waals surface area contributed by atoms with Gasteiger partial charge in [0.25, 0.3) is 0 Å². The first-order valence-corrected chi connectivity index (χ1v) is 10.2. The van der Waals surface area contributed by atoms with Crippen molar-refractivity contribution < 1.29 is 14.3 Å². The first kappa shape index (κ1) is 22.2. The number of pyridine rings is 1. The lowest BCUT2D eigenvalue weighted by molar-refractivity contribution is 0.249. The quantitative estimate of drug-likeness (QED) is 0.509. The highest BCUT2D eigenvalue weighted by Gasteiger charge is 2.20. The monoisotopic (exact) mass is 419 g/mol. The summed E-state index contributed by atoms with van der Waals surface area (Å²) in [5.74, 6) is 1.79. The van der Waals surface area contributed by atoms with Crippen LogP contribution in [0.5, 0.6) is 17.4 Å². The number of nitrogens with one attached hydrogen (secondary N) is 2. The third-order valence-electron chi connectivity index (χ3n) is 4.86. The number of ether oxygens (including phenoxy) is 2. The van der Waals surface area contributed by atoms with Gasteiger partial charge in [0, 0.05) is 11.8 Å². The summed E-state index contributed by atoms with van der Waals surface area (Å²) >= 11 is 0. The van der Waals surface area contributed by atoms with Crippen LogP contribution >= 0.6 is 0 Å². The lowest BCUT2D eigenvalue weighted by Crippen LogP contribution is -2.31. The highest BCUT2D eigenvalue weighted by molar-refractivity contribution is 5.90. The molecule has 162 valence electrons. The van der Waals surface area contributed by atoms with Crippen molar-refractivity contribution in [1.82, 2.24) is 10.3 Å². The van der Waals surface area contributed by atoms with E-state index in [1.165, 1.54) is 0 Å². The van der Waals surface area contributed by atoms with Crippen molar-refractivity contribution in [1.29, 1.82) is 0 Å². The van der Waals surface area contributed by atoms with Crippen molar-refractivity contribution in [3.63, 3.8) is 0 Å². The molecule has 2 amide bonds. The fourth-order valence-corrected chi connectivity index (χ4v) is 3.20. The summed E-state index contributed by atoms with van der Waals surface area (Å²) in [6.07, 6.45) is 1.64. The number of carbonyl (C=O) groups is 1. The van der Waals surface area contributed by atoms with Crippen molar-refractivity contribution in [3.05, 3.63) is 78.0 Å². The number of nitrogens with zero attached hydrogens (tertiary/aromatic N) is 1. The fraction of sp³-hybridized carbons (Fsp3) is 0.280. The van der Waals surface area contributed by atoms with Gasteiger partial charge in [-0.2, -0.15) is 0 Å². The maximum atomic E-state index is 12.6. The Balaban J connectivity index is 1.75. The van der Waals surface area contributed by atoms with Gasteiger partial charge in [-0.25, -0.2) is 9.78 Å². The molecule has 1 unspecified atom stereocenters. The Kier molecular flexibility index (Phi) is 6.80. The van der Waals surface area contributed by atoms with E-state index in [1.807, 2.05) is 55.5 Å². The molecule has 0 aliphatic heterocycles. The average molecular weight is 420 g/mol. The van der Waals surface area contributed by atoms with Crippen LogP contribution in [0.4, 0.5) is 10.5 Å². The number of hydrogen-bond acceptors (Lipinski definition) is 4. The minimum atomic E-state index is -0.350. The molecule has 31 heavy (non-hydrogen) atoms. The average Bonchev–Trinajstić information content (AvgIpc) is 2.74. The van der Waals surface area contributed by atoms with Gasteiger partial charge in [0.05, 0.1) is 13.2 Å². The van der Waals surface area contributed by atoms with Gasteiger partial charge in [-0.15, -0.1) is 0 Å². The summed E-state index contributed by atoms with van der Waals surface area (Å²) in [6.45, 7) is 8.29. The molecule has 6 nitrogen and oxygen atoms in total. The van der Waals surface area contributed by atoms with Crippen LogP contribution in [0.3, 0.4) is 0 Å². The number of methoxy groups -OCH3 is 1. The lowest BCUT2D eigenvalue weighted by Gasteiger charge is -2.23. The van der Waals surface area contributed by atoms with E-state index in [0.29, 0.717) is 17.3 Å². The molecule has 2 N–H and O–H groups in total. The maximum absolute atomic E-state index is 12.6. The van der Waals surface area contributed by atoms with Crippen molar-refractivity contribution in [3.8, 4) is 17.4 Å². The number of carbonyl (C=O) groups excluding carboxylic acids is 1. The van der Waals surface area contributed by atoms with Gasteiger partial charge in [-0.3, -0.25) is 0 Å². The zero-order valence-corrected chi connectivity index (χ0v) is 18.6. The molecular weight excluding hydrogens is 390 g/mol. The molecule has 0 aliphatic rings. The largest absolute Gasteiger partial charge is 0.497 e. The van der Waals surface area contributed by atoms with E-state index >= 15 is 0 Å². The van der Waals surface area contributed by atoms with E-state index in [9.17, 15) is 4.79 Å². The third-order valence-corrected chi connectivity index (χ3v) is 4.86. The molecule has 3 aromatic rings. The molecule has 2 aromatic carbocycles. The number of para-hydroxylation sites is 1.